The van der Waals surface area contributed by atoms with Crippen LogP contribution in [0.25, 0.3) is 5.69 Å². The number of rotatable bonds is 7. The van der Waals surface area contributed by atoms with E-state index in [0.717, 1.165) is 11.4 Å². The fraction of sp³-hybridized carbons (Fsp3) is 0.0870. The minimum absolute atomic E-state index is 0.179. The van der Waals surface area contributed by atoms with Crippen LogP contribution in [0.5, 0.6) is 0 Å². The highest BCUT2D eigenvalue weighted by molar-refractivity contribution is 6.02. The average Bonchev–Trinajstić information content (AvgIpc) is 3.47. The number of benzene rings is 2. The number of amides is 2. The third-order valence-electron chi connectivity index (χ3n) is 4.48. The fourth-order valence-electron chi connectivity index (χ4n) is 2.93. The van der Waals surface area contributed by atoms with E-state index in [9.17, 15) is 9.59 Å². The van der Waals surface area contributed by atoms with Gasteiger partial charge in [-0.3, -0.25) is 9.59 Å². The van der Waals surface area contributed by atoms with E-state index in [1.165, 1.54) is 6.26 Å². The van der Waals surface area contributed by atoms with Gasteiger partial charge >= 0.3 is 0 Å². The molecule has 0 aliphatic carbocycles. The van der Waals surface area contributed by atoms with Crippen molar-refractivity contribution >= 4 is 17.5 Å². The number of hydrogen-bond acceptors (Lipinski definition) is 4. The van der Waals surface area contributed by atoms with Gasteiger partial charge in [0.1, 0.15) is 0 Å². The second-order valence-corrected chi connectivity index (χ2v) is 6.60. The molecule has 7 heteroatoms. The molecule has 4 aromatic rings. The lowest BCUT2D eigenvalue weighted by Gasteiger charge is -2.06. The number of para-hydroxylation sites is 1. The maximum absolute atomic E-state index is 12.3. The van der Waals surface area contributed by atoms with Crippen molar-refractivity contribution in [1.29, 1.82) is 0 Å². The Morgan fingerprint density at radius 3 is 2.43 bits per heavy atom. The van der Waals surface area contributed by atoms with Gasteiger partial charge in [-0.1, -0.05) is 18.2 Å². The molecule has 7 nitrogen and oxygen atoms in total. The van der Waals surface area contributed by atoms with E-state index in [2.05, 4.69) is 15.7 Å². The smallest absolute Gasteiger partial charge is 0.291 e. The van der Waals surface area contributed by atoms with Crippen LogP contribution in [0.1, 0.15) is 26.6 Å². The molecular formula is C23H20N4O3. The summed E-state index contributed by atoms with van der Waals surface area (Å²) in [7, 11) is 0. The van der Waals surface area contributed by atoms with Crippen LogP contribution in [-0.4, -0.2) is 28.1 Å². The van der Waals surface area contributed by atoms with Crippen molar-refractivity contribution in [2.75, 3.05) is 11.9 Å². The van der Waals surface area contributed by atoms with Gasteiger partial charge in [-0.05, 0) is 54.6 Å². The summed E-state index contributed by atoms with van der Waals surface area (Å²) in [4.78, 5) is 24.3. The quantitative estimate of drug-likeness (QED) is 0.495. The maximum atomic E-state index is 12.3. The minimum atomic E-state index is -0.341. The number of carbonyl (C=O) groups excluding carboxylic acids is 2. The highest BCUT2D eigenvalue weighted by Crippen LogP contribution is 2.12. The molecule has 0 saturated heterocycles. The molecule has 0 aliphatic heterocycles. The van der Waals surface area contributed by atoms with E-state index in [1.807, 2.05) is 47.3 Å². The molecule has 2 N–H and O–H groups in total. The van der Waals surface area contributed by atoms with Crippen molar-refractivity contribution in [3.8, 4) is 5.69 Å². The van der Waals surface area contributed by atoms with Crippen molar-refractivity contribution in [3.05, 3.63) is 102 Å². The van der Waals surface area contributed by atoms with E-state index in [0.29, 0.717) is 24.2 Å². The Hall–Kier alpha value is -4.13. The summed E-state index contributed by atoms with van der Waals surface area (Å²) < 4.78 is 6.87. The summed E-state index contributed by atoms with van der Waals surface area (Å²) in [6, 6.07) is 21.7. The van der Waals surface area contributed by atoms with Crippen molar-refractivity contribution in [2.24, 2.45) is 0 Å². The Bertz CT molecular complexity index is 1120. The molecule has 0 atom stereocenters. The van der Waals surface area contributed by atoms with Crippen LogP contribution >= 0.6 is 0 Å². The zero-order valence-electron chi connectivity index (χ0n) is 16.1. The van der Waals surface area contributed by atoms with Gasteiger partial charge in [-0.2, -0.15) is 5.10 Å². The van der Waals surface area contributed by atoms with E-state index in [-0.39, 0.29) is 17.6 Å². The van der Waals surface area contributed by atoms with Crippen LogP contribution < -0.4 is 10.6 Å². The summed E-state index contributed by atoms with van der Waals surface area (Å²) in [6.07, 6.45) is 3.97. The van der Waals surface area contributed by atoms with Crippen LogP contribution in [0.3, 0.4) is 0 Å². The summed E-state index contributed by atoms with van der Waals surface area (Å²) in [6.45, 7) is 0.474. The zero-order valence-corrected chi connectivity index (χ0v) is 16.1. The Morgan fingerprint density at radius 2 is 1.70 bits per heavy atom. The lowest BCUT2D eigenvalue weighted by Crippen LogP contribution is -2.25. The summed E-state index contributed by atoms with van der Waals surface area (Å²) in [5.41, 5.74) is 2.99. The summed E-state index contributed by atoms with van der Waals surface area (Å²) in [5.74, 6) is -0.292. The van der Waals surface area contributed by atoms with Crippen molar-refractivity contribution in [3.63, 3.8) is 0 Å². The van der Waals surface area contributed by atoms with Gasteiger partial charge in [0.2, 0.25) is 0 Å². The molecule has 30 heavy (non-hydrogen) atoms. The fourth-order valence-corrected chi connectivity index (χ4v) is 2.93. The molecule has 0 bridgehead atoms. The molecule has 2 aromatic carbocycles. The van der Waals surface area contributed by atoms with Crippen molar-refractivity contribution < 1.29 is 14.0 Å². The van der Waals surface area contributed by atoms with Gasteiger partial charge in [-0.15, -0.1) is 0 Å². The second-order valence-electron chi connectivity index (χ2n) is 6.60. The van der Waals surface area contributed by atoms with Gasteiger partial charge in [0, 0.05) is 30.4 Å². The van der Waals surface area contributed by atoms with Gasteiger partial charge in [0.15, 0.2) is 5.76 Å². The number of aromatic nitrogens is 2. The number of carbonyl (C=O) groups is 2. The predicted molar refractivity (Wildman–Crippen MR) is 113 cm³/mol. The Kier molecular flexibility index (Phi) is 5.70. The van der Waals surface area contributed by atoms with Gasteiger partial charge in [0.05, 0.1) is 17.6 Å². The predicted octanol–water partition coefficient (Wildman–Crippen LogP) is 3.69. The van der Waals surface area contributed by atoms with E-state index in [4.69, 9.17) is 4.42 Å². The van der Waals surface area contributed by atoms with Crippen LogP contribution in [0, 0.1) is 0 Å². The van der Waals surface area contributed by atoms with Gasteiger partial charge < -0.3 is 15.1 Å². The lowest BCUT2D eigenvalue weighted by molar-refractivity contribution is 0.0953. The molecule has 0 aliphatic rings. The first-order valence-corrected chi connectivity index (χ1v) is 9.52. The molecule has 0 fully saturated rings. The maximum Gasteiger partial charge on any atom is 0.291 e. The topological polar surface area (TPSA) is 89.2 Å². The molecular weight excluding hydrogens is 380 g/mol. The number of hydrogen-bond donors (Lipinski definition) is 2. The molecule has 0 unspecified atom stereocenters. The normalized spacial score (nSPS) is 10.5. The number of anilines is 1. The first kappa shape index (κ1) is 19.2. The Labute approximate surface area is 173 Å². The minimum Gasteiger partial charge on any atom is -0.459 e. The third-order valence-corrected chi connectivity index (χ3v) is 4.48. The van der Waals surface area contributed by atoms with Crippen molar-refractivity contribution in [1.82, 2.24) is 15.1 Å². The molecule has 0 radical (unpaired) electrons. The van der Waals surface area contributed by atoms with Gasteiger partial charge in [0.25, 0.3) is 11.8 Å². The highest BCUT2D eigenvalue weighted by atomic mass is 16.3. The summed E-state index contributed by atoms with van der Waals surface area (Å²) in [5, 5.41) is 10.1. The summed E-state index contributed by atoms with van der Waals surface area (Å²) >= 11 is 0. The lowest BCUT2D eigenvalue weighted by atomic mass is 10.2. The first-order chi connectivity index (χ1) is 14.7. The standard InChI is InChI=1S/C23H20N4O3/c28-22(17-8-10-18(11-9-17)25-23(29)21-7-4-16-30-21)24-14-12-19-13-15-27(26-19)20-5-2-1-3-6-20/h1-11,13,15-16H,12,14H2,(H,24,28)(H,25,29). The molecule has 4 rings (SSSR count). The molecule has 2 heterocycles. The van der Waals surface area contributed by atoms with E-state index >= 15 is 0 Å². The van der Waals surface area contributed by atoms with E-state index in [1.54, 1.807) is 36.4 Å². The SMILES string of the molecule is O=C(NCCc1ccn(-c2ccccc2)n1)c1ccc(NC(=O)c2ccco2)cc1. The van der Waals surface area contributed by atoms with Crippen LogP contribution in [0.2, 0.25) is 0 Å². The largest absolute Gasteiger partial charge is 0.459 e. The van der Waals surface area contributed by atoms with Crippen LogP contribution in [0.4, 0.5) is 5.69 Å². The third kappa shape index (κ3) is 4.64. The number of nitrogens with zero attached hydrogens (tertiary/aromatic N) is 2. The Morgan fingerprint density at radius 1 is 0.900 bits per heavy atom. The molecule has 0 spiro atoms. The highest BCUT2D eigenvalue weighted by Gasteiger charge is 2.10. The molecule has 150 valence electrons. The number of furan rings is 1. The number of nitrogens with one attached hydrogen (secondary N) is 2. The molecule has 2 amide bonds. The molecule has 2 aromatic heterocycles. The van der Waals surface area contributed by atoms with Crippen LogP contribution in [-0.2, 0) is 6.42 Å². The average molecular weight is 400 g/mol. The zero-order chi connectivity index (χ0) is 20.8. The molecule has 0 saturated carbocycles. The van der Waals surface area contributed by atoms with Gasteiger partial charge in [-0.25, -0.2) is 4.68 Å². The van der Waals surface area contributed by atoms with E-state index < -0.39 is 0 Å². The van der Waals surface area contributed by atoms with Crippen LogP contribution in [0.15, 0.2) is 89.7 Å². The monoisotopic (exact) mass is 400 g/mol. The second kappa shape index (κ2) is 8.91. The Balaban J connectivity index is 1.27. The van der Waals surface area contributed by atoms with Crippen molar-refractivity contribution in [2.45, 2.75) is 6.42 Å². The first-order valence-electron chi connectivity index (χ1n) is 9.52.